The molecule has 35 heavy (non-hydrogen) atoms. The smallest absolute Gasteiger partial charge is 0.340 e. The fourth-order valence-electron chi connectivity index (χ4n) is 3.95. The molecule has 0 saturated carbocycles. The van der Waals surface area contributed by atoms with Crippen molar-refractivity contribution in [3.05, 3.63) is 75.6 Å². The van der Waals surface area contributed by atoms with Crippen molar-refractivity contribution in [1.82, 2.24) is 15.1 Å². The Hall–Kier alpha value is -3.95. The van der Waals surface area contributed by atoms with Crippen molar-refractivity contribution in [2.45, 2.75) is 40.8 Å². The number of anilines is 1. The third-order valence-electron chi connectivity index (χ3n) is 5.49. The molecule has 2 amide bonds. The summed E-state index contributed by atoms with van der Waals surface area (Å²) >= 11 is 0. The highest BCUT2D eigenvalue weighted by molar-refractivity contribution is 6.43. The number of aromatic nitrogens is 2. The number of carbonyl (C=O) groups excluding carboxylic acids is 3. The van der Waals surface area contributed by atoms with E-state index in [-0.39, 0.29) is 22.6 Å². The maximum atomic E-state index is 13.1. The molecule has 0 aliphatic rings. The maximum absolute atomic E-state index is 13.1. The summed E-state index contributed by atoms with van der Waals surface area (Å²) in [6.45, 7) is 8.17. The van der Waals surface area contributed by atoms with Crippen LogP contribution in [0.3, 0.4) is 0 Å². The van der Waals surface area contributed by atoms with Crippen molar-refractivity contribution in [3.63, 3.8) is 0 Å². The van der Waals surface area contributed by atoms with E-state index in [9.17, 15) is 27.6 Å². The Kier molecular flexibility index (Phi) is 7.14. The first kappa shape index (κ1) is 25.7. The number of rotatable bonds is 6. The number of alkyl halides is 3. The average molecular weight is 486 g/mol. The molecule has 0 aliphatic carbocycles. The Labute approximate surface area is 200 Å². The number of nitrogens with one attached hydrogen (secondary N) is 2. The van der Waals surface area contributed by atoms with E-state index in [1.165, 1.54) is 30.7 Å². The lowest BCUT2D eigenvalue weighted by Crippen LogP contribution is -2.37. The number of nitrogens with zero attached hydrogens (tertiary/aromatic N) is 2. The lowest BCUT2D eigenvalue weighted by molar-refractivity contribution is -0.137. The molecule has 3 aromatic rings. The van der Waals surface area contributed by atoms with Crippen LogP contribution in [-0.2, 0) is 15.8 Å². The highest BCUT2D eigenvalue weighted by Crippen LogP contribution is 2.31. The lowest BCUT2D eigenvalue weighted by Gasteiger charge is -2.13. The molecule has 1 heterocycles. The monoisotopic (exact) mass is 486 g/mol. The number of Topliss-reactive ketones (excluding diaryl/α,β-unsaturated/α-hetero) is 1. The fraction of sp³-hybridized carbons (Fsp3) is 0.280. The van der Waals surface area contributed by atoms with Gasteiger partial charge in [-0.15, -0.1) is 0 Å². The van der Waals surface area contributed by atoms with Crippen molar-refractivity contribution in [2.75, 3.05) is 11.9 Å². The maximum Gasteiger partial charge on any atom is 0.416 e. The van der Waals surface area contributed by atoms with Crippen LogP contribution in [0.25, 0.3) is 5.69 Å². The van der Waals surface area contributed by atoms with Crippen LogP contribution in [0, 0.1) is 34.6 Å². The second-order valence-corrected chi connectivity index (χ2v) is 8.34. The summed E-state index contributed by atoms with van der Waals surface area (Å²) in [6.07, 6.45) is -4.54. The molecule has 7 nitrogen and oxygen atoms in total. The zero-order valence-corrected chi connectivity index (χ0v) is 19.9. The molecular formula is C25H25F3N4O3. The molecule has 184 valence electrons. The van der Waals surface area contributed by atoms with E-state index in [4.69, 9.17) is 0 Å². The summed E-state index contributed by atoms with van der Waals surface area (Å²) < 4.78 is 40.4. The summed E-state index contributed by atoms with van der Waals surface area (Å²) in [5, 5.41) is 9.18. The first-order valence-electron chi connectivity index (χ1n) is 10.7. The number of aryl methyl sites for hydroxylation is 4. The van der Waals surface area contributed by atoms with Crippen molar-refractivity contribution >= 4 is 23.3 Å². The zero-order chi connectivity index (χ0) is 26.1. The van der Waals surface area contributed by atoms with Gasteiger partial charge in [-0.25, -0.2) is 4.68 Å². The first-order valence-corrected chi connectivity index (χ1v) is 10.7. The van der Waals surface area contributed by atoms with E-state index in [2.05, 4.69) is 15.7 Å². The molecule has 0 unspecified atom stereocenters. The van der Waals surface area contributed by atoms with Crippen LogP contribution >= 0.6 is 0 Å². The molecule has 0 radical (unpaired) electrons. The van der Waals surface area contributed by atoms with E-state index in [0.29, 0.717) is 5.69 Å². The highest BCUT2D eigenvalue weighted by Gasteiger charge is 2.31. The van der Waals surface area contributed by atoms with Gasteiger partial charge in [0.25, 0.3) is 11.7 Å². The second-order valence-electron chi connectivity index (χ2n) is 8.34. The van der Waals surface area contributed by atoms with Crippen LogP contribution in [0.5, 0.6) is 0 Å². The minimum Gasteiger partial charge on any atom is -0.340 e. The van der Waals surface area contributed by atoms with Gasteiger partial charge < -0.3 is 10.6 Å². The molecule has 0 bridgehead atoms. The quantitative estimate of drug-likeness (QED) is 0.400. The summed E-state index contributed by atoms with van der Waals surface area (Å²) in [6, 6.07) is 8.32. The predicted octanol–water partition coefficient (Wildman–Crippen LogP) is 4.37. The largest absolute Gasteiger partial charge is 0.416 e. The average Bonchev–Trinajstić information content (AvgIpc) is 3.07. The molecule has 0 saturated heterocycles. The van der Waals surface area contributed by atoms with Gasteiger partial charge in [-0.05, 0) is 63.9 Å². The number of hydrogen-bond acceptors (Lipinski definition) is 4. The number of carbonyl (C=O) groups is 3. The molecule has 0 aliphatic heterocycles. The molecular weight excluding hydrogens is 461 g/mol. The summed E-state index contributed by atoms with van der Waals surface area (Å²) in [4.78, 5) is 37.6. The molecule has 2 N–H and O–H groups in total. The highest BCUT2D eigenvalue weighted by atomic mass is 19.4. The Bertz CT molecular complexity index is 1300. The number of benzene rings is 2. The number of halogens is 3. The van der Waals surface area contributed by atoms with Crippen molar-refractivity contribution < 1.29 is 27.6 Å². The van der Waals surface area contributed by atoms with Gasteiger partial charge in [0, 0.05) is 5.69 Å². The fourth-order valence-corrected chi connectivity index (χ4v) is 3.95. The Morgan fingerprint density at radius 1 is 0.971 bits per heavy atom. The first-order chi connectivity index (χ1) is 16.3. The molecule has 0 spiro atoms. The van der Waals surface area contributed by atoms with Crippen LogP contribution in [-0.4, -0.2) is 33.9 Å². The third kappa shape index (κ3) is 5.59. The van der Waals surface area contributed by atoms with Gasteiger partial charge in [-0.1, -0.05) is 23.8 Å². The van der Waals surface area contributed by atoms with Crippen LogP contribution in [0.2, 0.25) is 0 Å². The van der Waals surface area contributed by atoms with E-state index in [1.807, 2.05) is 32.9 Å². The van der Waals surface area contributed by atoms with Gasteiger partial charge in [-0.3, -0.25) is 14.4 Å². The standard InChI is InChI=1S/C25H25F3N4O3/c1-13-9-14(2)22(15(3)10-13)30-20(33)12-29-24(35)23(34)21-16(4)31-32(17(21)5)19-8-6-7-18(11-19)25(26,27)28/h6-11H,12H2,1-5H3,(H,29,35)(H,30,33). The van der Waals surface area contributed by atoms with Gasteiger partial charge in [0.15, 0.2) is 0 Å². The van der Waals surface area contributed by atoms with E-state index >= 15 is 0 Å². The van der Waals surface area contributed by atoms with E-state index in [0.717, 1.165) is 28.8 Å². The topological polar surface area (TPSA) is 93.1 Å². The summed E-state index contributed by atoms with van der Waals surface area (Å²) in [5.41, 5.74) is 3.00. The van der Waals surface area contributed by atoms with Crippen molar-refractivity contribution in [1.29, 1.82) is 0 Å². The normalized spacial score (nSPS) is 11.3. The van der Waals surface area contributed by atoms with E-state index < -0.39 is 35.9 Å². The zero-order valence-electron chi connectivity index (χ0n) is 19.9. The van der Waals surface area contributed by atoms with Crippen molar-refractivity contribution in [3.8, 4) is 5.69 Å². The third-order valence-corrected chi connectivity index (χ3v) is 5.49. The minimum absolute atomic E-state index is 0.0365. The Morgan fingerprint density at radius 3 is 2.20 bits per heavy atom. The van der Waals surface area contributed by atoms with Gasteiger partial charge in [0.05, 0.1) is 34.7 Å². The van der Waals surface area contributed by atoms with Gasteiger partial charge in [0.1, 0.15) is 0 Å². The lowest BCUT2D eigenvalue weighted by atomic mass is 10.1. The Morgan fingerprint density at radius 2 is 1.60 bits per heavy atom. The van der Waals surface area contributed by atoms with Crippen LogP contribution < -0.4 is 10.6 Å². The van der Waals surface area contributed by atoms with Gasteiger partial charge >= 0.3 is 6.18 Å². The van der Waals surface area contributed by atoms with E-state index in [1.54, 1.807) is 0 Å². The summed E-state index contributed by atoms with van der Waals surface area (Å²) in [7, 11) is 0. The van der Waals surface area contributed by atoms with Gasteiger partial charge in [0.2, 0.25) is 5.91 Å². The number of hydrogen-bond donors (Lipinski definition) is 2. The molecule has 0 fully saturated rings. The predicted molar refractivity (Wildman–Crippen MR) is 125 cm³/mol. The Balaban J connectivity index is 1.74. The number of ketones is 1. The van der Waals surface area contributed by atoms with Crippen LogP contribution in [0.1, 0.15) is 44.0 Å². The number of amides is 2. The SMILES string of the molecule is Cc1cc(C)c(NC(=O)CNC(=O)C(=O)c2c(C)nn(-c3cccc(C(F)(F)F)c3)c2C)c(C)c1. The van der Waals surface area contributed by atoms with Gasteiger partial charge in [-0.2, -0.15) is 18.3 Å². The van der Waals surface area contributed by atoms with Crippen LogP contribution in [0.15, 0.2) is 36.4 Å². The molecule has 10 heteroatoms. The second kappa shape index (κ2) is 9.73. The van der Waals surface area contributed by atoms with Crippen molar-refractivity contribution in [2.24, 2.45) is 0 Å². The molecule has 3 rings (SSSR count). The molecule has 1 aromatic heterocycles. The van der Waals surface area contributed by atoms with Crippen LogP contribution in [0.4, 0.5) is 18.9 Å². The molecule has 0 atom stereocenters. The minimum atomic E-state index is -4.54. The molecule has 2 aromatic carbocycles. The summed E-state index contributed by atoms with van der Waals surface area (Å²) in [5.74, 6) is -2.46.